The van der Waals surface area contributed by atoms with E-state index in [0.29, 0.717) is 6.04 Å². The number of amides is 2. The first kappa shape index (κ1) is 15.4. The minimum Gasteiger partial charge on any atom is -0.329 e. The van der Waals surface area contributed by atoms with E-state index in [1.54, 1.807) is 17.5 Å². The van der Waals surface area contributed by atoms with E-state index in [4.69, 9.17) is 0 Å². The highest BCUT2D eigenvalue weighted by Crippen LogP contribution is 2.38. The number of carbonyl (C=O) groups excluding carboxylic acids is 1. The van der Waals surface area contributed by atoms with Crippen molar-refractivity contribution in [1.29, 1.82) is 0 Å². The first-order valence-corrected chi connectivity index (χ1v) is 9.34. The van der Waals surface area contributed by atoms with Gasteiger partial charge in [-0.3, -0.25) is 0 Å². The quantitative estimate of drug-likeness (QED) is 0.909. The van der Waals surface area contributed by atoms with Crippen LogP contribution in [0.25, 0.3) is 5.57 Å². The number of nitrogens with one attached hydrogen (secondary N) is 1. The van der Waals surface area contributed by atoms with E-state index < -0.39 is 0 Å². The Bertz CT molecular complexity index is 741. The lowest BCUT2D eigenvalue weighted by atomic mass is 9.95. The number of thiazole rings is 1. The second kappa shape index (κ2) is 6.40. The highest BCUT2D eigenvalue weighted by atomic mass is 32.1. The molecule has 4 nitrogen and oxygen atoms in total. The summed E-state index contributed by atoms with van der Waals surface area (Å²) in [5.41, 5.74) is 2.66. The molecule has 0 aliphatic carbocycles. The largest absolute Gasteiger partial charge is 0.329 e. The van der Waals surface area contributed by atoms with Crippen molar-refractivity contribution in [2.24, 2.45) is 0 Å². The first-order valence-electron chi connectivity index (χ1n) is 8.46. The van der Waals surface area contributed by atoms with Crippen LogP contribution in [0.3, 0.4) is 0 Å². The number of carbonyl (C=O) groups is 1. The third-order valence-corrected chi connectivity index (χ3v) is 5.89. The molecular weight excluding hydrogens is 318 g/mol. The lowest BCUT2D eigenvalue weighted by Crippen LogP contribution is -2.48. The Labute approximate surface area is 146 Å². The van der Waals surface area contributed by atoms with E-state index in [1.807, 2.05) is 23.3 Å². The molecule has 3 heterocycles. The molecule has 124 valence electrons. The zero-order chi connectivity index (χ0) is 16.5. The number of nitrogens with zero attached hydrogens (tertiary/aromatic N) is 2. The van der Waals surface area contributed by atoms with Gasteiger partial charge in [0.15, 0.2) is 0 Å². The molecule has 1 fully saturated rings. The zero-order valence-corrected chi connectivity index (χ0v) is 14.5. The van der Waals surface area contributed by atoms with Crippen molar-refractivity contribution < 1.29 is 4.79 Å². The molecule has 2 amide bonds. The Morgan fingerprint density at radius 2 is 2.17 bits per heavy atom. The number of benzene rings is 1. The number of hydrogen-bond donors (Lipinski definition) is 1. The summed E-state index contributed by atoms with van der Waals surface area (Å²) in [7, 11) is 0. The van der Waals surface area contributed by atoms with Gasteiger partial charge in [-0.05, 0) is 37.3 Å². The van der Waals surface area contributed by atoms with E-state index in [2.05, 4.69) is 40.6 Å². The minimum atomic E-state index is -0.0450. The van der Waals surface area contributed by atoms with Crippen molar-refractivity contribution >= 4 is 22.9 Å². The molecule has 24 heavy (non-hydrogen) atoms. The Morgan fingerprint density at radius 3 is 2.88 bits per heavy atom. The van der Waals surface area contributed by atoms with Crippen molar-refractivity contribution in [3.63, 3.8) is 0 Å². The molecule has 3 unspecified atom stereocenters. The maximum absolute atomic E-state index is 12.8. The summed E-state index contributed by atoms with van der Waals surface area (Å²) >= 11 is 1.58. The lowest BCUT2D eigenvalue weighted by Gasteiger charge is -2.35. The minimum absolute atomic E-state index is 0.0357. The predicted molar refractivity (Wildman–Crippen MR) is 96.7 cm³/mol. The Morgan fingerprint density at radius 1 is 1.33 bits per heavy atom. The molecule has 2 aromatic rings. The molecule has 5 heteroatoms. The van der Waals surface area contributed by atoms with Gasteiger partial charge in [0.1, 0.15) is 5.01 Å². The Kier molecular flexibility index (Phi) is 4.10. The summed E-state index contributed by atoms with van der Waals surface area (Å²) in [6.45, 7) is 1.99. The van der Waals surface area contributed by atoms with Crippen molar-refractivity contribution in [3.05, 3.63) is 58.6 Å². The SMILES string of the molecule is CC(NC(=O)N1C2C=C(c3ccccc3)CC1CC2)c1nccs1. The molecule has 1 N–H and O–H groups in total. The zero-order valence-electron chi connectivity index (χ0n) is 13.7. The van der Waals surface area contributed by atoms with Crippen LogP contribution < -0.4 is 5.32 Å². The number of fused-ring (bicyclic) bond motifs is 2. The maximum atomic E-state index is 12.8. The molecule has 1 aromatic heterocycles. The maximum Gasteiger partial charge on any atom is 0.318 e. The first-order chi connectivity index (χ1) is 11.7. The van der Waals surface area contributed by atoms with E-state index >= 15 is 0 Å². The van der Waals surface area contributed by atoms with Crippen LogP contribution in [0.2, 0.25) is 0 Å². The molecule has 1 saturated heterocycles. The van der Waals surface area contributed by atoms with Crippen LogP contribution in [-0.4, -0.2) is 28.0 Å². The third kappa shape index (κ3) is 2.84. The van der Waals surface area contributed by atoms with Gasteiger partial charge in [0.2, 0.25) is 0 Å². The molecule has 0 saturated carbocycles. The fourth-order valence-electron chi connectivity index (χ4n) is 3.78. The number of aromatic nitrogens is 1. The predicted octanol–water partition coefficient (Wildman–Crippen LogP) is 4.23. The van der Waals surface area contributed by atoms with Crippen LogP contribution in [-0.2, 0) is 0 Å². The fraction of sp³-hybridized carbons (Fsp3) is 0.368. The summed E-state index contributed by atoms with van der Waals surface area (Å²) in [5.74, 6) is 0. The second-order valence-corrected chi connectivity index (χ2v) is 7.44. The van der Waals surface area contributed by atoms with Gasteiger partial charge < -0.3 is 10.2 Å². The summed E-state index contributed by atoms with van der Waals surface area (Å²) in [6.07, 6.45) is 7.14. The molecule has 4 rings (SSSR count). The topological polar surface area (TPSA) is 45.2 Å². The highest BCUT2D eigenvalue weighted by molar-refractivity contribution is 7.09. The van der Waals surface area contributed by atoms with Crippen LogP contribution in [0.15, 0.2) is 48.0 Å². The lowest BCUT2D eigenvalue weighted by molar-refractivity contribution is 0.176. The average Bonchev–Trinajstić information content (AvgIpc) is 3.22. The average molecular weight is 339 g/mol. The van der Waals surface area contributed by atoms with Gasteiger partial charge >= 0.3 is 6.03 Å². The normalized spacial score (nSPS) is 23.7. The highest BCUT2D eigenvalue weighted by Gasteiger charge is 2.40. The summed E-state index contributed by atoms with van der Waals surface area (Å²) in [4.78, 5) is 19.1. The van der Waals surface area contributed by atoms with Crippen LogP contribution in [0.4, 0.5) is 4.79 Å². The van der Waals surface area contributed by atoms with Gasteiger partial charge in [-0.1, -0.05) is 36.4 Å². The van der Waals surface area contributed by atoms with E-state index in [9.17, 15) is 4.79 Å². The van der Waals surface area contributed by atoms with E-state index in [0.717, 1.165) is 24.3 Å². The standard InChI is InChI=1S/C19H21N3OS/c1-13(18-20-9-10-24-18)21-19(23)22-16-7-8-17(22)12-15(11-16)14-5-3-2-4-6-14/h2-6,9-11,13,16-17H,7-8,12H2,1H3,(H,21,23). The molecule has 2 aliphatic rings. The van der Waals surface area contributed by atoms with Gasteiger partial charge in [0.05, 0.1) is 12.1 Å². The van der Waals surface area contributed by atoms with E-state index in [1.165, 1.54) is 11.1 Å². The van der Waals surface area contributed by atoms with Crippen molar-refractivity contribution in [2.75, 3.05) is 0 Å². The van der Waals surface area contributed by atoms with Crippen molar-refractivity contribution in [1.82, 2.24) is 15.2 Å². The number of hydrogen-bond acceptors (Lipinski definition) is 3. The monoisotopic (exact) mass is 339 g/mol. The van der Waals surface area contributed by atoms with E-state index in [-0.39, 0.29) is 18.1 Å². The van der Waals surface area contributed by atoms with Crippen LogP contribution >= 0.6 is 11.3 Å². The number of rotatable bonds is 3. The third-order valence-electron chi connectivity index (χ3n) is 4.94. The van der Waals surface area contributed by atoms with Crippen molar-refractivity contribution in [3.8, 4) is 0 Å². The smallest absolute Gasteiger partial charge is 0.318 e. The second-order valence-electron chi connectivity index (χ2n) is 6.51. The summed E-state index contributed by atoms with van der Waals surface area (Å²) in [5, 5.41) is 6.01. The Balaban J connectivity index is 1.49. The van der Waals surface area contributed by atoms with Gasteiger partial charge in [0, 0.05) is 17.6 Å². The van der Waals surface area contributed by atoms with Crippen molar-refractivity contribution in [2.45, 2.75) is 44.3 Å². The molecule has 1 aromatic carbocycles. The van der Waals surface area contributed by atoms with Crippen LogP contribution in [0, 0.1) is 0 Å². The van der Waals surface area contributed by atoms with Gasteiger partial charge in [-0.25, -0.2) is 9.78 Å². The molecule has 2 aliphatic heterocycles. The van der Waals surface area contributed by atoms with Crippen LogP contribution in [0.1, 0.15) is 42.8 Å². The molecule has 3 atom stereocenters. The molecule has 0 radical (unpaired) electrons. The molecule has 0 spiro atoms. The fourth-order valence-corrected chi connectivity index (χ4v) is 4.43. The Hall–Kier alpha value is -2.14. The summed E-state index contributed by atoms with van der Waals surface area (Å²) < 4.78 is 0. The molecule has 2 bridgehead atoms. The van der Waals surface area contributed by atoms with Gasteiger partial charge in [-0.2, -0.15) is 0 Å². The number of urea groups is 1. The van der Waals surface area contributed by atoms with Gasteiger partial charge in [-0.15, -0.1) is 11.3 Å². The molecular formula is C19H21N3OS. The summed E-state index contributed by atoms with van der Waals surface area (Å²) in [6, 6.07) is 11.0. The van der Waals surface area contributed by atoms with Crippen LogP contribution in [0.5, 0.6) is 0 Å². The van der Waals surface area contributed by atoms with Gasteiger partial charge in [0.25, 0.3) is 0 Å².